The van der Waals surface area contributed by atoms with Crippen LogP contribution in [0.25, 0.3) is 0 Å². The molecule has 0 saturated heterocycles. The summed E-state index contributed by atoms with van der Waals surface area (Å²) in [6.07, 6.45) is 74.2. The molecule has 4 N–H and O–H groups in total. The smallest absolute Gasteiger partial charge is 0.220 e. The molecule has 0 aromatic rings. The molecule has 0 rings (SSSR count). The van der Waals surface area contributed by atoms with Gasteiger partial charge in [-0.05, 0) is 38.5 Å². The van der Waals surface area contributed by atoms with Gasteiger partial charge in [0.25, 0.3) is 0 Å². The number of unbranched alkanes of at least 4 members (excludes halogenated alkanes) is 49. The Kier molecular flexibility index (Phi) is 57.9. The molecule has 5 nitrogen and oxygen atoms in total. The fourth-order valence-corrected chi connectivity index (χ4v) is 10.3. The van der Waals surface area contributed by atoms with Gasteiger partial charge in [-0.1, -0.05) is 328 Å². The quantitative estimate of drug-likeness (QED) is 0.0361. The highest BCUT2D eigenvalue weighted by Gasteiger charge is 2.26. The van der Waals surface area contributed by atoms with E-state index in [4.69, 9.17) is 0 Å². The van der Waals surface area contributed by atoms with Gasteiger partial charge in [0.05, 0.1) is 18.8 Å². The lowest BCUT2D eigenvalue weighted by molar-refractivity contribution is -0.124. The van der Waals surface area contributed by atoms with Crippen molar-refractivity contribution in [1.82, 2.24) is 5.32 Å². The SMILES string of the molecule is CCCCCCCCCCCC/C=C/CCCC(O)C(O)C(CO)NC(=O)CCCCCCCCCCCCCCCCCCCCCCCCCCCCCCCCCCCCCCCCC. The van der Waals surface area contributed by atoms with Gasteiger partial charge >= 0.3 is 0 Å². The molecule has 68 heavy (non-hydrogen) atoms. The van der Waals surface area contributed by atoms with Crippen LogP contribution >= 0.6 is 0 Å². The molecule has 0 radical (unpaired) electrons. The van der Waals surface area contributed by atoms with Crippen LogP contribution in [0.15, 0.2) is 12.2 Å². The van der Waals surface area contributed by atoms with Crippen LogP contribution in [-0.2, 0) is 4.79 Å². The van der Waals surface area contributed by atoms with Crippen LogP contribution in [0, 0.1) is 0 Å². The maximum atomic E-state index is 12.5. The van der Waals surface area contributed by atoms with Crippen molar-refractivity contribution in [3.63, 3.8) is 0 Å². The molecule has 0 spiro atoms. The summed E-state index contributed by atoms with van der Waals surface area (Å²) in [6.45, 7) is 4.20. The summed E-state index contributed by atoms with van der Waals surface area (Å²) in [5.74, 6) is -0.147. The van der Waals surface area contributed by atoms with E-state index in [9.17, 15) is 20.1 Å². The Labute approximate surface area is 427 Å². The minimum Gasteiger partial charge on any atom is -0.394 e. The number of aliphatic hydroxyl groups is 3. The van der Waals surface area contributed by atoms with Gasteiger partial charge < -0.3 is 20.6 Å². The first kappa shape index (κ1) is 67.1. The first-order valence-electron chi connectivity index (χ1n) is 31.5. The lowest BCUT2D eigenvalue weighted by atomic mass is 10.0. The maximum Gasteiger partial charge on any atom is 0.220 e. The van der Waals surface area contributed by atoms with Crippen molar-refractivity contribution in [2.24, 2.45) is 0 Å². The Hall–Kier alpha value is -0.910. The lowest BCUT2D eigenvalue weighted by Gasteiger charge is -2.26. The predicted molar refractivity (Wildman–Crippen MR) is 301 cm³/mol. The number of amides is 1. The normalized spacial score (nSPS) is 13.2. The Morgan fingerprint density at radius 3 is 0.853 bits per heavy atom. The predicted octanol–water partition coefficient (Wildman–Crippen LogP) is 19.8. The molecule has 0 heterocycles. The van der Waals surface area contributed by atoms with E-state index in [1.165, 1.54) is 295 Å². The fourth-order valence-electron chi connectivity index (χ4n) is 10.3. The second-order valence-electron chi connectivity index (χ2n) is 22.0. The molecule has 0 aliphatic heterocycles. The summed E-state index contributed by atoms with van der Waals surface area (Å²) >= 11 is 0. The van der Waals surface area contributed by atoms with Crippen molar-refractivity contribution in [2.45, 2.75) is 379 Å². The van der Waals surface area contributed by atoms with Crippen molar-refractivity contribution in [1.29, 1.82) is 0 Å². The topological polar surface area (TPSA) is 89.8 Å². The highest BCUT2D eigenvalue weighted by Crippen LogP contribution is 2.19. The van der Waals surface area contributed by atoms with Crippen molar-refractivity contribution in [3.8, 4) is 0 Å². The van der Waals surface area contributed by atoms with E-state index in [0.29, 0.717) is 12.8 Å². The van der Waals surface area contributed by atoms with Crippen molar-refractivity contribution < 1.29 is 20.1 Å². The van der Waals surface area contributed by atoms with Crippen LogP contribution in [0.1, 0.15) is 361 Å². The molecule has 0 aliphatic carbocycles. The number of rotatable bonds is 59. The molecule has 0 aromatic carbocycles. The largest absolute Gasteiger partial charge is 0.394 e. The second kappa shape index (κ2) is 58.7. The van der Waals surface area contributed by atoms with Crippen LogP contribution in [0.3, 0.4) is 0 Å². The summed E-state index contributed by atoms with van der Waals surface area (Å²) in [6, 6.07) is -0.822. The van der Waals surface area contributed by atoms with Gasteiger partial charge in [-0.3, -0.25) is 4.79 Å². The van der Waals surface area contributed by atoms with E-state index < -0.39 is 18.2 Å². The Bertz CT molecular complexity index is 971. The third kappa shape index (κ3) is 52.9. The average molecular weight is 961 g/mol. The Morgan fingerprint density at radius 2 is 0.588 bits per heavy atom. The summed E-state index contributed by atoms with van der Waals surface area (Å²) in [4.78, 5) is 12.5. The van der Waals surface area contributed by atoms with E-state index in [1.807, 2.05) is 0 Å². The van der Waals surface area contributed by atoms with Crippen molar-refractivity contribution in [3.05, 3.63) is 12.2 Å². The number of nitrogens with one attached hydrogen (secondary N) is 1. The first-order chi connectivity index (χ1) is 33.6. The van der Waals surface area contributed by atoms with Gasteiger partial charge in [-0.2, -0.15) is 0 Å². The van der Waals surface area contributed by atoms with Gasteiger partial charge in [0.1, 0.15) is 6.10 Å². The summed E-state index contributed by atoms with van der Waals surface area (Å²) in [7, 11) is 0. The van der Waals surface area contributed by atoms with E-state index in [1.54, 1.807) is 0 Å². The zero-order valence-electron chi connectivity index (χ0n) is 46.5. The zero-order chi connectivity index (χ0) is 49.3. The number of aliphatic hydroxyl groups excluding tert-OH is 3. The number of hydrogen-bond donors (Lipinski definition) is 4. The number of hydrogen-bond acceptors (Lipinski definition) is 4. The number of carbonyl (C=O) groups excluding carboxylic acids is 1. The number of carbonyl (C=O) groups is 1. The maximum absolute atomic E-state index is 12.5. The van der Waals surface area contributed by atoms with E-state index in [0.717, 1.165) is 38.5 Å². The highest BCUT2D eigenvalue weighted by atomic mass is 16.3. The monoisotopic (exact) mass is 960 g/mol. The molecule has 1 amide bonds. The van der Waals surface area contributed by atoms with Gasteiger partial charge in [0.2, 0.25) is 5.91 Å². The third-order valence-electron chi connectivity index (χ3n) is 15.1. The highest BCUT2D eigenvalue weighted by molar-refractivity contribution is 5.76. The van der Waals surface area contributed by atoms with Gasteiger partial charge in [-0.15, -0.1) is 0 Å². The molecule has 0 aromatic heterocycles. The molecule has 406 valence electrons. The van der Waals surface area contributed by atoms with Gasteiger partial charge in [0, 0.05) is 6.42 Å². The standard InChI is InChI=1S/C63H125NO4/c1-3-5-7-9-11-13-15-17-19-20-21-22-23-24-25-26-27-28-29-30-31-32-33-34-35-36-37-38-39-40-41-42-44-46-48-50-52-54-56-58-62(67)64-60(59-65)63(68)61(66)57-55-53-51-49-47-45-43-18-16-14-12-10-8-6-4-2/h49,51,60-61,63,65-66,68H,3-48,50,52-59H2,1-2H3,(H,64,67)/b51-49+. The van der Waals surface area contributed by atoms with E-state index in [-0.39, 0.29) is 12.5 Å². The zero-order valence-corrected chi connectivity index (χ0v) is 46.5. The summed E-state index contributed by atoms with van der Waals surface area (Å²) in [5.41, 5.74) is 0. The Balaban J connectivity index is 3.40. The Morgan fingerprint density at radius 1 is 0.353 bits per heavy atom. The van der Waals surface area contributed by atoms with Crippen LogP contribution in [0.5, 0.6) is 0 Å². The van der Waals surface area contributed by atoms with Gasteiger partial charge in [-0.25, -0.2) is 0 Å². The first-order valence-corrected chi connectivity index (χ1v) is 31.5. The molecular weight excluding hydrogens is 835 g/mol. The second-order valence-corrected chi connectivity index (χ2v) is 22.0. The lowest BCUT2D eigenvalue weighted by Crippen LogP contribution is -2.50. The third-order valence-corrected chi connectivity index (χ3v) is 15.1. The minimum atomic E-state index is -1.16. The molecule has 3 atom stereocenters. The van der Waals surface area contributed by atoms with E-state index in [2.05, 4.69) is 31.3 Å². The average Bonchev–Trinajstić information content (AvgIpc) is 3.34. The van der Waals surface area contributed by atoms with Crippen LogP contribution in [0.2, 0.25) is 0 Å². The van der Waals surface area contributed by atoms with Crippen LogP contribution in [-0.4, -0.2) is 46.1 Å². The molecule has 5 heteroatoms. The number of allylic oxidation sites excluding steroid dienone is 2. The molecule has 0 bridgehead atoms. The summed E-state index contributed by atoms with van der Waals surface area (Å²) < 4.78 is 0. The molecule has 0 fully saturated rings. The summed E-state index contributed by atoms with van der Waals surface area (Å²) in [5, 5.41) is 33.7. The fraction of sp³-hybridized carbons (Fsp3) is 0.952. The molecular formula is C63H125NO4. The molecule has 0 saturated carbocycles. The van der Waals surface area contributed by atoms with E-state index >= 15 is 0 Å². The van der Waals surface area contributed by atoms with Crippen molar-refractivity contribution >= 4 is 5.91 Å². The van der Waals surface area contributed by atoms with Crippen molar-refractivity contribution in [2.75, 3.05) is 6.61 Å². The van der Waals surface area contributed by atoms with Crippen LogP contribution < -0.4 is 5.32 Å². The van der Waals surface area contributed by atoms with Gasteiger partial charge in [0.15, 0.2) is 0 Å². The molecule has 3 unspecified atom stereocenters. The minimum absolute atomic E-state index is 0.147. The molecule has 0 aliphatic rings. The van der Waals surface area contributed by atoms with Crippen LogP contribution in [0.4, 0.5) is 0 Å².